The molecule has 2 aliphatic rings. The van der Waals surface area contributed by atoms with Crippen LogP contribution in [0.3, 0.4) is 0 Å². The molecule has 0 radical (unpaired) electrons. The van der Waals surface area contributed by atoms with E-state index in [2.05, 4.69) is 17.5 Å². The maximum absolute atomic E-state index is 10.6. The third kappa shape index (κ3) is 6.87. The molecule has 3 rings (SSSR count). The van der Waals surface area contributed by atoms with Crippen LogP contribution < -0.4 is 0 Å². The zero-order valence-electron chi connectivity index (χ0n) is 16.5. The van der Waals surface area contributed by atoms with Crippen molar-refractivity contribution in [3.8, 4) is 0 Å². The van der Waals surface area contributed by atoms with Crippen LogP contribution in [0.4, 0.5) is 13.2 Å². The molecule has 1 N–H and O–H groups in total. The molecule has 2 saturated heterocycles. The van der Waals surface area contributed by atoms with E-state index >= 15 is 0 Å². The summed E-state index contributed by atoms with van der Waals surface area (Å²) in [5.74, 6) is -0.725. The van der Waals surface area contributed by atoms with Crippen LogP contribution in [0.5, 0.6) is 0 Å². The Labute approximate surface area is 168 Å². The molecule has 1 aromatic heterocycles. The van der Waals surface area contributed by atoms with Gasteiger partial charge in [-0.3, -0.25) is 4.90 Å². The lowest BCUT2D eigenvalue weighted by Crippen LogP contribution is -2.56. The Morgan fingerprint density at radius 2 is 2.21 bits per heavy atom. The van der Waals surface area contributed by atoms with Crippen molar-refractivity contribution >= 4 is 5.97 Å². The highest BCUT2D eigenvalue weighted by molar-refractivity contribution is 5.73. The molecular weight excluding hydrogens is 391 g/mol. The first-order valence-electron chi connectivity index (χ1n) is 9.54. The molecule has 2 aliphatic heterocycles. The molecule has 0 aliphatic carbocycles. The summed E-state index contributed by atoms with van der Waals surface area (Å²) in [5.41, 5.74) is 0.126. The molecule has 2 unspecified atom stereocenters. The van der Waals surface area contributed by atoms with Crippen molar-refractivity contribution < 1.29 is 37.0 Å². The molecule has 0 spiro atoms. The SMILES string of the molecule is C=CCOCC12CCCOC1CCN(Cc1ccc(C)o1)C2.O=C(O)C(F)(F)F. The lowest BCUT2D eigenvalue weighted by atomic mass is 9.73. The van der Waals surface area contributed by atoms with Crippen molar-refractivity contribution in [2.75, 3.05) is 32.9 Å². The number of alkyl halides is 3. The van der Waals surface area contributed by atoms with Gasteiger partial charge >= 0.3 is 12.1 Å². The smallest absolute Gasteiger partial charge is 0.475 e. The zero-order chi connectivity index (χ0) is 21.5. The predicted octanol–water partition coefficient (Wildman–Crippen LogP) is 3.80. The molecule has 1 aromatic rings. The Hall–Kier alpha value is -1.84. The molecule has 3 heterocycles. The van der Waals surface area contributed by atoms with Crippen LogP contribution in [0.25, 0.3) is 0 Å². The van der Waals surface area contributed by atoms with Gasteiger partial charge in [0, 0.05) is 25.1 Å². The average molecular weight is 419 g/mol. The summed E-state index contributed by atoms with van der Waals surface area (Å²) in [6.45, 7) is 11.0. The van der Waals surface area contributed by atoms with E-state index in [-0.39, 0.29) is 5.41 Å². The number of furan rings is 1. The van der Waals surface area contributed by atoms with Crippen LogP contribution in [0.1, 0.15) is 30.8 Å². The monoisotopic (exact) mass is 419 g/mol. The van der Waals surface area contributed by atoms with Crippen molar-refractivity contribution in [3.63, 3.8) is 0 Å². The Kier molecular flexibility index (Phi) is 8.30. The first-order valence-corrected chi connectivity index (χ1v) is 9.54. The zero-order valence-corrected chi connectivity index (χ0v) is 16.5. The van der Waals surface area contributed by atoms with Crippen LogP contribution in [0, 0.1) is 12.3 Å². The molecule has 164 valence electrons. The number of rotatable bonds is 6. The summed E-state index contributed by atoms with van der Waals surface area (Å²) >= 11 is 0. The molecule has 0 amide bonds. The van der Waals surface area contributed by atoms with E-state index in [0.29, 0.717) is 12.7 Å². The number of aryl methyl sites for hydroxylation is 1. The van der Waals surface area contributed by atoms with Gasteiger partial charge in [0.1, 0.15) is 11.5 Å². The van der Waals surface area contributed by atoms with Crippen molar-refractivity contribution in [2.24, 2.45) is 5.41 Å². The Bertz CT molecular complexity index is 675. The minimum Gasteiger partial charge on any atom is -0.475 e. The van der Waals surface area contributed by atoms with Gasteiger partial charge in [-0.2, -0.15) is 13.2 Å². The number of piperidine rings is 1. The summed E-state index contributed by atoms with van der Waals surface area (Å²) in [6, 6.07) is 4.12. The van der Waals surface area contributed by atoms with Crippen LogP contribution in [0.2, 0.25) is 0 Å². The van der Waals surface area contributed by atoms with Crippen LogP contribution in [0.15, 0.2) is 29.2 Å². The molecule has 2 fully saturated rings. The lowest BCUT2D eigenvalue weighted by Gasteiger charge is -2.50. The Balaban J connectivity index is 0.000000370. The van der Waals surface area contributed by atoms with Crippen molar-refractivity contribution in [1.82, 2.24) is 4.90 Å². The molecule has 0 saturated carbocycles. The van der Waals surface area contributed by atoms with Crippen molar-refractivity contribution in [3.05, 3.63) is 36.3 Å². The second-order valence-corrected chi connectivity index (χ2v) is 7.44. The topological polar surface area (TPSA) is 72.1 Å². The van der Waals surface area contributed by atoms with E-state index in [1.807, 2.05) is 19.1 Å². The Morgan fingerprint density at radius 1 is 1.48 bits per heavy atom. The third-order valence-electron chi connectivity index (χ3n) is 5.11. The second kappa shape index (κ2) is 10.3. The highest BCUT2D eigenvalue weighted by Crippen LogP contribution is 2.40. The Morgan fingerprint density at radius 3 is 2.79 bits per heavy atom. The van der Waals surface area contributed by atoms with Gasteiger partial charge in [-0.1, -0.05) is 6.08 Å². The maximum atomic E-state index is 10.6. The number of carboxylic acids is 1. The fourth-order valence-corrected chi connectivity index (χ4v) is 3.86. The summed E-state index contributed by atoms with van der Waals surface area (Å²) < 4.78 is 49.4. The lowest BCUT2D eigenvalue weighted by molar-refractivity contribution is -0.192. The van der Waals surface area contributed by atoms with E-state index in [1.54, 1.807) is 0 Å². The fourth-order valence-electron chi connectivity index (χ4n) is 3.86. The van der Waals surface area contributed by atoms with E-state index in [1.165, 1.54) is 6.42 Å². The highest BCUT2D eigenvalue weighted by atomic mass is 19.4. The van der Waals surface area contributed by atoms with Gasteiger partial charge in [0.05, 0.1) is 25.9 Å². The van der Waals surface area contributed by atoms with Gasteiger partial charge in [0.2, 0.25) is 0 Å². The average Bonchev–Trinajstić information content (AvgIpc) is 3.06. The quantitative estimate of drug-likeness (QED) is 0.559. The molecule has 6 nitrogen and oxygen atoms in total. The number of fused-ring (bicyclic) bond motifs is 1. The van der Waals surface area contributed by atoms with E-state index in [0.717, 1.165) is 57.2 Å². The maximum Gasteiger partial charge on any atom is 0.490 e. The standard InChI is InChI=1S/C18H27NO3.C2HF3O2/c1-3-10-20-14-18-8-4-11-21-17(18)7-9-19(13-18)12-16-6-5-15(2)22-16;3-2(4,5)1(6)7/h3,5-6,17H,1,4,7-14H2,2H3;(H,6,7). The van der Waals surface area contributed by atoms with Gasteiger partial charge in [-0.05, 0) is 38.3 Å². The van der Waals surface area contributed by atoms with Gasteiger partial charge in [0.25, 0.3) is 0 Å². The van der Waals surface area contributed by atoms with Crippen LogP contribution in [-0.4, -0.2) is 61.2 Å². The van der Waals surface area contributed by atoms with E-state index < -0.39 is 12.1 Å². The minimum atomic E-state index is -5.08. The number of likely N-dealkylation sites (tertiary alicyclic amines) is 1. The number of halogens is 3. The third-order valence-corrected chi connectivity index (χ3v) is 5.11. The van der Waals surface area contributed by atoms with Gasteiger partial charge in [0.15, 0.2) is 0 Å². The van der Waals surface area contributed by atoms with Gasteiger partial charge < -0.3 is 19.0 Å². The number of carbonyl (C=O) groups is 1. The molecular formula is C20H28F3NO5. The van der Waals surface area contributed by atoms with Crippen LogP contribution >= 0.6 is 0 Å². The number of nitrogens with zero attached hydrogens (tertiary/aromatic N) is 1. The minimum absolute atomic E-state index is 0.126. The first-order chi connectivity index (χ1) is 13.7. The number of aliphatic carboxylic acids is 1. The second-order valence-electron chi connectivity index (χ2n) is 7.44. The van der Waals surface area contributed by atoms with E-state index in [9.17, 15) is 13.2 Å². The molecule has 29 heavy (non-hydrogen) atoms. The normalized spacial score (nSPS) is 24.9. The van der Waals surface area contributed by atoms with E-state index in [4.69, 9.17) is 23.8 Å². The number of hydrogen-bond acceptors (Lipinski definition) is 5. The van der Waals surface area contributed by atoms with Gasteiger partial charge in [-0.15, -0.1) is 6.58 Å². The molecule has 0 aromatic carbocycles. The predicted molar refractivity (Wildman–Crippen MR) is 99.5 cm³/mol. The summed E-state index contributed by atoms with van der Waals surface area (Å²) in [6.07, 6.45) is 0.462. The molecule has 2 atom stereocenters. The summed E-state index contributed by atoms with van der Waals surface area (Å²) in [4.78, 5) is 11.4. The highest BCUT2D eigenvalue weighted by Gasteiger charge is 2.46. The summed E-state index contributed by atoms with van der Waals surface area (Å²) in [5, 5.41) is 7.12. The van der Waals surface area contributed by atoms with Gasteiger partial charge in [-0.25, -0.2) is 4.79 Å². The van der Waals surface area contributed by atoms with Crippen molar-refractivity contribution in [1.29, 1.82) is 0 Å². The molecule has 9 heteroatoms. The summed E-state index contributed by atoms with van der Waals surface area (Å²) in [7, 11) is 0. The molecule has 0 bridgehead atoms. The number of carboxylic acid groups (broad SMARTS) is 1. The largest absolute Gasteiger partial charge is 0.490 e. The number of hydrogen-bond donors (Lipinski definition) is 1. The fraction of sp³-hybridized carbons (Fsp3) is 0.650. The number of ether oxygens (including phenoxy) is 2. The van der Waals surface area contributed by atoms with Crippen molar-refractivity contribution in [2.45, 2.75) is 45.0 Å². The first kappa shape index (κ1) is 23.4. The van der Waals surface area contributed by atoms with Crippen LogP contribution in [-0.2, 0) is 20.8 Å².